The van der Waals surface area contributed by atoms with Gasteiger partial charge in [-0.1, -0.05) is 32.4 Å². The van der Waals surface area contributed by atoms with Gasteiger partial charge in [-0.15, -0.1) is 23.1 Å². The normalized spacial score (nSPS) is 11.9. The molecule has 0 spiro atoms. The second-order valence-electron chi connectivity index (χ2n) is 5.90. The number of nitrogens with zero attached hydrogens (tertiary/aromatic N) is 1. The van der Waals surface area contributed by atoms with Crippen LogP contribution in [0.3, 0.4) is 0 Å². The van der Waals surface area contributed by atoms with Gasteiger partial charge in [0.25, 0.3) is 0 Å². The fourth-order valence-corrected chi connectivity index (χ4v) is 4.31. The minimum Gasteiger partial charge on any atom is -0.315 e. The molecule has 1 N–H and O–H groups in total. The number of halogens is 1. The van der Waals surface area contributed by atoms with E-state index in [1.165, 1.54) is 20.5 Å². The van der Waals surface area contributed by atoms with Gasteiger partial charge in [0.15, 0.2) is 0 Å². The number of aromatic nitrogens is 1. The molecule has 2 nitrogen and oxygen atoms in total. The van der Waals surface area contributed by atoms with E-state index in [4.69, 9.17) is 16.6 Å². The highest BCUT2D eigenvalue weighted by molar-refractivity contribution is 7.98. The highest BCUT2D eigenvalue weighted by atomic mass is 35.5. The lowest BCUT2D eigenvalue weighted by Gasteiger charge is -2.17. The number of thiazole rings is 1. The van der Waals surface area contributed by atoms with Crippen molar-refractivity contribution in [3.05, 3.63) is 44.9 Å². The van der Waals surface area contributed by atoms with E-state index in [1.54, 1.807) is 11.8 Å². The quantitative estimate of drug-likeness (QED) is 0.766. The van der Waals surface area contributed by atoms with Crippen molar-refractivity contribution in [1.82, 2.24) is 10.3 Å². The van der Waals surface area contributed by atoms with Crippen LogP contribution in [0, 0.1) is 0 Å². The molecule has 1 aromatic heterocycles. The first-order valence-electron chi connectivity index (χ1n) is 6.92. The summed E-state index contributed by atoms with van der Waals surface area (Å²) in [4.78, 5) is 7.43. The number of thioether (sulfide) groups is 1. The van der Waals surface area contributed by atoms with Gasteiger partial charge < -0.3 is 5.32 Å². The molecule has 0 atom stereocenters. The average molecular weight is 341 g/mol. The van der Waals surface area contributed by atoms with E-state index < -0.39 is 0 Å². The first kappa shape index (κ1) is 16.8. The Labute approximate surface area is 140 Å². The molecule has 1 aromatic carbocycles. The molecule has 0 saturated heterocycles. The van der Waals surface area contributed by atoms with Crippen LogP contribution in [0.1, 0.15) is 36.3 Å². The Morgan fingerprint density at radius 3 is 2.48 bits per heavy atom. The monoisotopic (exact) mass is 340 g/mol. The van der Waals surface area contributed by atoms with Crippen molar-refractivity contribution in [3.63, 3.8) is 0 Å². The Morgan fingerprint density at radius 2 is 1.90 bits per heavy atom. The van der Waals surface area contributed by atoms with Gasteiger partial charge in [-0.3, -0.25) is 0 Å². The lowest BCUT2D eigenvalue weighted by molar-refractivity contribution is 0.562. The van der Waals surface area contributed by atoms with E-state index in [-0.39, 0.29) is 5.41 Å². The summed E-state index contributed by atoms with van der Waals surface area (Å²) in [5, 5.41) is 5.20. The van der Waals surface area contributed by atoms with Crippen LogP contribution in [0.5, 0.6) is 0 Å². The summed E-state index contributed by atoms with van der Waals surface area (Å²) >= 11 is 9.53. The van der Waals surface area contributed by atoms with Gasteiger partial charge in [-0.2, -0.15) is 0 Å². The second kappa shape index (κ2) is 7.14. The van der Waals surface area contributed by atoms with Gasteiger partial charge in [-0.25, -0.2) is 4.98 Å². The maximum Gasteiger partial charge on any atom is 0.103 e. The summed E-state index contributed by atoms with van der Waals surface area (Å²) in [6, 6.07) is 7.97. The lowest BCUT2D eigenvalue weighted by Crippen LogP contribution is -2.16. The first-order chi connectivity index (χ1) is 9.90. The summed E-state index contributed by atoms with van der Waals surface area (Å²) in [6.07, 6.45) is 0. The van der Waals surface area contributed by atoms with Crippen molar-refractivity contribution in [2.45, 2.75) is 43.4 Å². The minimum atomic E-state index is 0.0892. The zero-order valence-electron chi connectivity index (χ0n) is 12.9. The minimum absolute atomic E-state index is 0.0892. The predicted molar refractivity (Wildman–Crippen MR) is 94.6 cm³/mol. The SMILES string of the molecule is CNCc1sc(CSc2ccc(Cl)cc2)nc1C(C)(C)C. The molecule has 0 fully saturated rings. The van der Waals surface area contributed by atoms with Crippen molar-refractivity contribution in [2.75, 3.05) is 7.05 Å². The van der Waals surface area contributed by atoms with Crippen molar-refractivity contribution in [1.29, 1.82) is 0 Å². The van der Waals surface area contributed by atoms with E-state index in [2.05, 4.69) is 38.2 Å². The van der Waals surface area contributed by atoms with Gasteiger partial charge in [0, 0.05) is 26.8 Å². The molecule has 0 unspecified atom stereocenters. The fourth-order valence-electron chi connectivity index (χ4n) is 2.00. The van der Waals surface area contributed by atoms with Gasteiger partial charge in [0.05, 0.1) is 11.4 Å². The van der Waals surface area contributed by atoms with Crippen LogP contribution < -0.4 is 5.32 Å². The van der Waals surface area contributed by atoms with Crippen molar-refractivity contribution >= 4 is 34.7 Å². The van der Waals surface area contributed by atoms with Crippen molar-refractivity contribution in [2.24, 2.45) is 0 Å². The van der Waals surface area contributed by atoms with E-state index >= 15 is 0 Å². The third-order valence-corrected chi connectivity index (χ3v) is 5.48. The molecule has 0 aliphatic carbocycles. The molecule has 0 radical (unpaired) electrons. The average Bonchev–Trinajstić information content (AvgIpc) is 2.82. The maximum absolute atomic E-state index is 5.91. The van der Waals surface area contributed by atoms with Gasteiger partial charge in [0.2, 0.25) is 0 Å². The third-order valence-electron chi connectivity index (χ3n) is 2.97. The summed E-state index contributed by atoms with van der Waals surface area (Å²) in [5.41, 5.74) is 1.31. The Hall–Kier alpha value is -0.550. The van der Waals surface area contributed by atoms with Gasteiger partial charge in [0.1, 0.15) is 5.01 Å². The molecule has 5 heteroatoms. The van der Waals surface area contributed by atoms with Crippen LogP contribution in [0.2, 0.25) is 5.02 Å². The number of nitrogens with one attached hydrogen (secondary N) is 1. The molecule has 21 heavy (non-hydrogen) atoms. The number of rotatable bonds is 5. The van der Waals surface area contributed by atoms with Gasteiger partial charge >= 0.3 is 0 Å². The maximum atomic E-state index is 5.91. The molecule has 0 amide bonds. The van der Waals surface area contributed by atoms with Crippen molar-refractivity contribution < 1.29 is 0 Å². The van der Waals surface area contributed by atoms with E-state index in [0.29, 0.717) is 0 Å². The molecule has 0 bridgehead atoms. The Bertz CT molecular complexity index is 585. The topological polar surface area (TPSA) is 24.9 Å². The number of benzene rings is 1. The molecule has 0 aliphatic heterocycles. The summed E-state index contributed by atoms with van der Waals surface area (Å²) in [7, 11) is 1.98. The Kier molecular flexibility index (Phi) is 5.72. The smallest absolute Gasteiger partial charge is 0.103 e. The van der Waals surface area contributed by atoms with E-state index in [9.17, 15) is 0 Å². The second-order valence-corrected chi connectivity index (χ2v) is 8.56. The summed E-state index contributed by atoms with van der Waals surface area (Å²) < 4.78 is 0. The van der Waals surface area contributed by atoms with Crippen LogP contribution in [0.25, 0.3) is 0 Å². The van der Waals surface area contributed by atoms with Crippen LogP contribution in [0.15, 0.2) is 29.2 Å². The molecule has 114 valence electrons. The zero-order chi connectivity index (χ0) is 15.5. The molecule has 2 rings (SSSR count). The molecular weight excluding hydrogens is 320 g/mol. The summed E-state index contributed by atoms with van der Waals surface area (Å²) in [5.74, 6) is 0.902. The first-order valence-corrected chi connectivity index (χ1v) is 9.10. The Morgan fingerprint density at radius 1 is 1.24 bits per heavy atom. The molecular formula is C16H21ClN2S2. The van der Waals surface area contributed by atoms with Crippen LogP contribution >= 0.6 is 34.7 Å². The highest BCUT2D eigenvalue weighted by Crippen LogP contribution is 2.32. The standard InChI is InChI=1S/C16H21ClN2S2/c1-16(2,3)15-13(9-18-4)21-14(19-15)10-20-12-7-5-11(17)6-8-12/h5-8,18H,9-10H2,1-4H3. The number of hydrogen-bond donors (Lipinski definition) is 1. The molecule has 2 aromatic rings. The highest BCUT2D eigenvalue weighted by Gasteiger charge is 2.22. The zero-order valence-corrected chi connectivity index (χ0v) is 15.3. The van der Waals surface area contributed by atoms with Crippen LogP contribution in [0.4, 0.5) is 0 Å². The molecule has 1 heterocycles. The van der Waals surface area contributed by atoms with E-state index in [1.807, 2.05) is 30.5 Å². The van der Waals surface area contributed by atoms with E-state index in [0.717, 1.165) is 17.3 Å². The van der Waals surface area contributed by atoms with Gasteiger partial charge in [-0.05, 0) is 31.3 Å². The molecule has 0 saturated carbocycles. The van der Waals surface area contributed by atoms with Crippen molar-refractivity contribution in [3.8, 4) is 0 Å². The Balaban J connectivity index is 2.11. The fraction of sp³-hybridized carbons (Fsp3) is 0.438. The lowest BCUT2D eigenvalue weighted by atomic mass is 9.91. The largest absolute Gasteiger partial charge is 0.315 e. The molecule has 0 aliphatic rings. The van der Waals surface area contributed by atoms with Crippen LogP contribution in [-0.4, -0.2) is 12.0 Å². The van der Waals surface area contributed by atoms with Crippen LogP contribution in [-0.2, 0) is 17.7 Å². The summed E-state index contributed by atoms with van der Waals surface area (Å²) in [6.45, 7) is 7.54. The number of hydrogen-bond acceptors (Lipinski definition) is 4. The third kappa shape index (κ3) is 4.71. The predicted octanol–water partition coefficient (Wildman–Crippen LogP) is 5.11.